The highest BCUT2D eigenvalue weighted by atomic mass is 35.6. The number of H-pyrrole nitrogens is 1. The van der Waals surface area contributed by atoms with E-state index in [0.717, 1.165) is 22.4 Å². The Morgan fingerprint density at radius 1 is 1.20 bits per heavy atom. The van der Waals surface area contributed by atoms with Gasteiger partial charge in [-0.25, -0.2) is 4.79 Å². The molecule has 0 spiro atoms. The van der Waals surface area contributed by atoms with Crippen molar-refractivity contribution in [3.8, 4) is 11.1 Å². The molecule has 0 aliphatic heterocycles. The number of hydrogen-bond donors (Lipinski definition) is 2. The van der Waals surface area contributed by atoms with E-state index in [9.17, 15) is 4.79 Å². The van der Waals surface area contributed by atoms with Gasteiger partial charge in [0, 0.05) is 11.0 Å². The number of rotatable bonds is 3. The number of nitrogens with zero attached hydrogens (tertiary/aromatic N) is 1. The van der Waals surface area contributed by atoms with Crippen LogP contribution in [0.2, 0.25) is 0 Å². The fourth-order valence-electron chi connectivity index (χ4n) is 2.26. The molecule has 0 aliphatic rings. The van der Waals surface area contributed by atoms with Crippen LogP contribution in [0.1, 0.15) is 32.0 Å². The van der Waals surface area contributed by atoms with E-state index in [2.05, 4.69) is 15.5 Å². The molecule has 1 heterocycles. The van der Waals surface area contributed by atoms with Crippen molar-refractivity contribution in [2.45, 2.75) is 36.9 Å². The SMILES string of the molecule is Cc1ccc(-c2c(C(C)(C)C)n[nH]c2NC(=O)OCC(Cl)(Cl)Cl)cc1. The smallest absolute Gasteiger partial charge is 0.412 e. The van der Waals surface area contributed by atoms with Gasteiger partial charge in [0.05, 0.1) is 5.69 Å². The van der Waals surface area contributed by atoms with E-state index in [-0.39, 0.29) is 12.0 Å². The summed E-state index contributed by atoms with van der Waals surface area (Å²) < 4.78 is 3.26. The number of anilines is 1. The number of aromatic nitrogens is 2. The third-order valence-electron chi connectivity index (χ3n) is 3.41. The average Bonchev–Trinajstić information content (AvgIpc) is 2.89. The zero-order valence-electron chi connectivity index (χ0n) is 14.4. The average molecular weight is 405 g/mol. The first-order chi connectivity index (χ1) is 11.5. The third kappa shape index (κ3) is 5.53. The van der Waals surface area contributed by atoms with Gasteiger partial charge in [-0.1, -0.05) is 85.4 Å². The molecule has 5 nitrogen and oxygen atoms in total. The van der Waals surface area contributed by atoms with Gasteiger partial charge in [-0.2, -0.15) is 5.10 Å². The highest BCUT2D eigenvalue weighted by molar-refractivity contribution is 6.67. The number of carbonyl (C=O) groups excluding carboxylic acids is 1. The summed E-state index contributed by atoms with van der Waals surface area (Å²) in [6.07, 6.45) is -0.733. The highest BCUT2D eigenvalue weighted by Crippen LogP contribution is 2.36. The number of aryl methyl sites for hydroxylation is 1. The molecule has 25 heavy (non-hydrogen) atoms. The molecule has 1 amide bonds. The van der Waals surface area contributed by atoms with E-state index >= 15 is 0 Å². The van der Waals surface area contributed by atoms with Crippen molar-refractivity contribution < 1.29 is 9.53 Å². The first-order valence-electron chi connectivity index (χ1n) is 7.64. The largest absolute Gasteiger partial charge is 0.445 e. The number of ether oxygens (including phenoxy) is 1. The van der Waals surface area contributed by atoms with Crippen molar-refractivity contribution in [3.63, 3.8) is 0 Å². The molecule has 0 unspecified atom stereocenters. The molecule has 2 N–H and O–H groups in total. The van der Waals surface area contributed by atoms with Crippen LogP contribution in [0, 0.1) is 6.92 Å². The monoisotopic (exact) mass is 403 g/mol. The van der Waals surface area contributed by atoms with Crippen LogP contribution in [0.15, 0.2) is 24.3 Å². The molecule has 0 saturated heterocycles. The number of halogens is 3. The minimum Gasteiger partial charge on any atom is -0.445 e. The van der Waals surface area contributed by atoms with Gasteiger partial charge in [-0.05, 0) is 12.5 Å². The number of hydrogen-bond acceptors (Lipinski definition) is 3. The predicted octanol–water partition coefficient (Wildman–Crippen LogP) is 5.60. The van der Waals surface area contributed by atoms with Crippen LogP contribution in [0.4, 0.5) is 10.6 Å². The second-order valence-corrected chi connectivity index (χ2v) is 9.27. The quantitative estimate of drug-likeness (QED) is 0.654. The lowest BCUT2D eigenvalue weighted by molar-refractivity contribution is 0.164. The Labute approximate surface area is 162 Å². The molecule has 0 fully saturated rings. The van der Waals surface area contributed by atoms with E-state index < -0.39 is 9.89 Å². The molecule has 2 rings (SSSR count). The molecule has 0 saturated carbocycles. The maximum Gasteiger partial charge on any atom is 0.412 e. The minimum absolute atomic E-state index is 0.224. The molecule has 0 atom stereocenters. The second kappa shape index (κ2) is 7.44. The maximum absolute atomic E-state index is 12.0. The molecule has 136 valence electrons. The van der Waals surface area contributed by atoms with Crippen molar-refractivity contribution in [3.05, 3.63) is 35.5 Å². The molecule has 1 aromatic carbocycles. The van der Waals surface area contributed by atoms with Crippen LogP contribution >= 0.6 is 34.8 Å². The number of amides is 1. The van der Waals surface area contributed by atoms with E-state index in [0.29, 0.717) is 5.82 Å². The van der Waals surface area contributed by atoms with Crippen LogP contribution < -0.4 is 5.32 Å². The lowest BCUT2D eigenvalue weighted by Gasteiger charge is -2.18. The van der Waals surface area contributed by atoms with Crippen LogP contribution in [-0.4, -0.2) is 26.7 Å². The Kier molecular flexibility index (Phi) is 5.92. The lowest BCUT2D eigenvalue weighted by Crippen LogP contribution is -2.21. The fraction of sp³-hybridized carbons (Fsp3) is 0.412. The zero-order chi connectivity index (χ0) is 18.8. The van der Waals surface area contributed by atoms with Gasteiger partial charge in [-0.3, -0.25) is 10.4 Å². The standard InChI is InChI=1S/C17H20Cl3N3O2/c1-10-5-7-11(8-6-10)12-13(16(2,3)4)22-23-14(12)21-15(24)25-9-17(18,19)20/h5-8H,9H2,1-4H3,(H2,21,22,23,24). The zero-order valence-corrected chi connectivity index (χ0v) is 16.7. The summed E-state index contributed by atoms with van der Waals surface area (Å²) in [5, 5.41) is 9.87. The summed E-state index contributed by atoms with van der Waals surface area (Å²) in [5.74, 6) is 0.433. The molecule has 0 radical (unpaired) electrons. The number of aromatic amines is 1. The normalized spacial score (nSPS) is 12.1. The minimum atomic E-state index is -1.66. The summed E-state index contributed by atoms with van der Waals surface area (Å²) in [4.78, 5) is 12.0. The Hall–Kier alpha value is -1.43. The van der Waals surface area contributed by atoms with Crippen LogP contribution in [0.25, 0.3) is 11.1 Å². The van der Waals surface area contributed by atoms with E-state index in [1.165, 1.54) is 0 Å². The van der Waals surface area contributed by atoms with Crippen molar-refractivity contribution in [2.24, 2.45) is 0 Å². The number of carbonyl (C=O) groups is 1. The van der Waals surface area contributed by atoms with Crippen molar-refractivity contribution in [1.29, 1.82) is 0 Å². The summed E-state index contributed by atoms with van der Waals surface area (Å²) in [5.41, 5.74) is 3.48. The summed E-state index contributed by atoms with van der Waals surface area (Å²) >= 11 is 16.8. The van der Waals surface area contributed by atoms with Gasteiger partial charge in [0.2, 0.25) is 3.79 Å². The van der Waals surface area contributed by atoms with Gasteiger partial charge < -0.3 is 4.74 Å². The fourth-order valence-corrected chi connectivity index (χ4v) is 2.43. The van der Waals surface area contributed by atoms with Crippen LogP contribution in [0.3, 0.4) is 0 Å². The van der Waals surface area contributed by atoms with Crippen molar-refractivity contribution in [1.82, 2.24) is 10.2 Å². The first-order valence-corrected chi connectivity index (χ1v) is 8.77. The lowest BCUT2D eigenvalue weighted by atomic mass is 9.87. The Bertz CT molecular complexity index is 744. The van der Waals surface area contributed by atoms with Crippen molar-refractivity contribution >= 4 is 46.7 Å². The van der Waals surface area contributed by atoms with Gasteiger partial charge in [0.25, 0.3) is 0 Å². The molecule has 0 bridgehead atoms. The highest BCUT2D eigenvalue weighted by Gasteiger charge is 2.27. The Morgan fingerprint density at radius 2 is 1.80 bits per heavy atom. The molecule has 0 aliphatic carbocycles. The molecule has 8 heteroatoms. The van der Waals surface area contributed by atoms with E-state index in [1.807, 2.05) is 52.0 Å². The molecular formula is C17H20Cl3N3O2. The first kappa shape index (κ1) is 19.9. The number of nitrogens with one attached hydrogen (secondary N) is 2. The molecule has 1 aromatic heterocycles. The second-order valence-electron chi connectivity index (χ2n) is 6.75. The van der Waals surface area contributed by atoms with Crippen LogP contribution in [-0.2, 0) is 10.2 Å². The topological polar surface area (TPSA) is 67.0 Å². The Balaban J connectivity index is 2.34. The van der Waals surface area contributed by atoms with Crippen molar-refractivity contribution in [2.75, 3.05) is 11.9 Å². The molecule has 2 aromatic rings. The predicted molar refractivity (Wildman–Crippen MR) is 103 cm³/mol. The van der Waals surface area contributed by atoms with E-state index in [1.54, 1.807) is 0 Å². The molecular weight excluding hydrogens is 385 g/mol. The third-order valence-corrected chi connectivity index (χ3v) is 3.74. The number of alkyl halides is 3. The summed E-state index contributed by atoms with van der Waals surface area (Å²) in [6.45, 7) is 7.80. The summed E-state index contributed by atoms with van der Waals surface area (Å²) in [7, 11) is 0. The van der Waals surface area contributed by atoms with Gasteiger partial charge >= 0.3 is 6.09 Å². The van der Waals surface area contributed by atoms with Gasteiger partial charge in [0.15, 0.2) is 0 Å². The van der Waals surface area contributed by atoms with E-state index in [4.69, 9.17) is 39.5 Å². The summed E-state index contributed by atoms with van der Waals surface area (Å²) in [6, 6.07) is 7.96. The van der Waals surface area contributed by atoms with Gasteiger partial charge in [0.1, 0.15) is 12.4 Å². The Morgan fingerprint density at radius 3 is 2.32 bits per heavy atom. The van der Waals surface area contributed by atoms with Gasteiger partial charge in [-0.15, -0.1) is 0 Å². The van der Waals surface area contributed by atoms with Crippen LogP contribution in [0.5, 0.6) is 0 Å². The number of benzene rings is 1. The maximum atomic E-state index is 12.0.